The minimum Gasteiger partial charge on any atom is -0.414 e. The summed E-state index contributed by atoms with van der Waals surface area (Å²) in [4.78, 5) is 15.0. The molecule has 5 nitrogen and oxygen atoms in total. The van der Waals surface area contributed by atoms with E-state index in [4.69, 9.17) is 4.42 Å². The van der Waals surface area contributed by atoms with Gasteiger partial charge in [-0.1, -0.05) is 36.0 Å². The molecule has 1 aromatic heterocycles. The number of benzene rings is 2. The number of aromatic nitrogens is 2. The maximum atomic E-state index is 12.9. The van der Waals surface area contributed by atoms with Gasteiger partial charge < -0.3 is 9.32 Å². The third-order valence-electron chi connectivity index (χ3n) is 3.83. The molecule has 0 radical (unpaired) electrons. The molecule has 8 heteroatoms. The number of para-hydroxylation sites is 1. The molecule has 0 spiro atoms. The molecule has 0 aliphatic carbocycles. The summed E-state index contributed by atoms with van der Waals surface area (Å²) in [6, 6.07) is 14.1. The van der Waals surface area contributed by atoms with Crippen molar-refractivity contribution in [1.29, 1.82) is 0 Å². The van der Waals surface area contributed by atoms with Gasteiger partial charge in [0.05, 0.1) is 11.4 Å². The highest BCUT2D eigenvalue weighted by molar-refractivity contribution is 8.00. The van der Waals surface area contributed by atoms with Crippen LogP contribution in [0.5, 0.6) is 0 Å². The zero-order chi connectivity index (χ0) is 17.9. The highest BCUT2D eigenvalue weighted by Gasteiger charge is 2.26. The molecule has 1 amide bonds. The third kappa shape index (κ3) is 3.76. The second-order valence-corrected chi connectivity index (χ2v) is 7.56. The Bertz CT molecular complexity index is 930. The van der Waals surface area contributed by atoms with E-state index in [-0.39, 0.29) is 18.3 Å². The molecule has 0 atom stereocenters. The molecule has 3 aromatic rings. The first-order valence-electron chi connectivity index (χ1n) is 7.91. The van der Waals surface area contributed by atoms with Crippen molar-refractivity contribution in [3.8, 4) is 0 Å². The fourth-order valence-corrected chi connectivity index (χ4v) is 4.22. The average Bonchev–Trinajstić information content (AvgIpc) is 3.11. The summed E-state index contributed by atoms with van der Waals surface area (Å²) in [5, 5.41) is 8.50. The smallest absolute Gasteiger partial charge is 0.276 e. The molecule has 2 heterocycles. The van der Waals surface area contributed by atoms with Crippen molar-refractivity contribution in [3.63, 3.8) is 0 Å². The van der Waals surface area contributed by atoms with Gasteiger partial charge in [0.2, 0.25) is 11.8 Å². The Labute approximate surface area is 158 Å². The van der Waals surface area contributed by atoms with Crippen LogP contribution in [0.25, 0.3) is 0 Å². The summed E-state index contributed by atoms with van der Waals surface area (Å²) in [6.07, 6.45) is 0. The van der Waals surface area contributed by atoms with Gasteiger partial charge >= 0.3 is 0 Å². The van der Waals surface area contributed by atoms with E-state index >= 15 is 0 Å². The van der Waals surface area contributed by atoms with Crippen LogP contribution in [0, 0.1) is 5.82 Å². The van der Waals surface area contributed by atoms with Crippen LogP contribution in [0.15, 0.2) is 63.1 Å². The Morgan fingerprint density at radius 1 is 1.15 bits per heavy atom. The fraction of sp³-hybridized carbons (Fsp3) is 0.167. The number of nitrogens with zero attached hydrogens (tertiary/aromatic N) is 3. The molecule has 132 valence electrons. The van der Waals surface area contributed by atoms with Gasteiger partial charge in [-0.2, -0.15) is 0 Å². The van der Waals surface area contributed by atoms with Crippen LogP contribution in [-0.4, -0.2) is 21.9 Å². The highest BCUT2D eigenvalue weighted by Crippen LogP contribution is 2.35. The van der Waals surface area contributed by atoms with Crippen molar-refractivity contribution in [2.75, 3.05) is 10.7 Å². The van der Waals surface area contributed by atoms with Gasteiger partial charge in [-0.15, -0.1) is 22.0 Å². The van der Waals surface area contributed by atoms with Crippen LogP contribution in [0.2, 0.25) is 0 Å². The number of anilines is 1. The lowest BCUT2D eigenvalue weighted by molar-refractivity contribution is -0.116. The molecule has 0 fully saturated rings. The van der Waals surface area contributed by atoms with E-state index in [1.165, 1.54) is 35.7 Å². The summed E-state index contributed by atoms with van der Waals surface area (Å²) >= 11 is 2.91. The highest BCUT2D eigenvalue weighted by atomic mass is 32.2. The standard InChI is InChI=1S/C18H14FN3O2S2/c19-13-7-5-12(6-8-13)10-26-18-21-20-16(24-18)9-22-14-3-1-2-4-15(14)25-11-17(22)23/h1-8H,9-11H2. The summed E-state index contributed by atoms with van der Waals surface area (Å²) < 4.78 is 18.6. The van der Waals surface area contributed by atoms with Crippen LogP contribution in [-0.2, 0) is 17.1 Å². The summed E-state index contributed by atoms with van der Waals surface area (Å²) in [6.45, 7) is 0.251. The quantitative estimate of drug-likeness (QED) is 0.613. The monoisotopic (exact) mass is 387 g/mol. The molecular weight excluding hydrogens is 373 g/mol. The first-order valence-corrected chi connectivity index (χ1v) is 9.88. The van der Waals surface area contributed by atoms with Gasteiger partial charge in [0, 0.05) is 10.6 Å². The predicted molar refractivity (Wildman–Crippen MR) is 98.6 cm³/mol. The number of fused-ring (bicyclic) bond motifs is 1. The molecule has 1 aliphatic heterocycles. The molecule has 1 aliphatic rings. The second kappa shape index (κ2) is 7.51. The fourth-order valence-electron chi connectivity index (χ4n) is 2.55. The van der Waals surface area contributed by atoms with E-state index in [0.717, 1.165) is 16.1 Å². The van der Waals surface area contributed by atoms with E-state index in [1.807, 2.05) is 24.3 Å². The number of rotatable bonds is 5. The maximum Gasteiger partial charge on any atom is 0.276 e. The minimum absolute atomic E-state index is 0.0208. The maximum absolute atomic E-state index is 12.9. The third-order valence-corrected chi connectivity index (χ3v) is 5.76. The number of thioether (sulfide) groups is 2. The van der Waals surface area contributed by atoms with Crippen molar-refractivity contribution >= 4 is 35.1 Å². The van der Waals surface area contributed by atoms with Crippen molar-refractivity contribution < 1.29 is 13.6 Å². The van der Waals surface area contributed by atoms with Crippen LogP contribution >= 0.6 is 23.5 Å². The largest absolute Gasteiger partial charge is 0.414 e. The molecule has 4 rings (SSSR count). The number of hydrogen-bond donors (Lipinski definition) is 0. The normalized spacial score (nSPS) is 13.7. The molecule has 0 saturated heterocycles. The number of carbonyl (C=O) groups excluding carboxylic acids is 1. The Balaban J connectivity index is 1.43. The van der Waals surface area contributed by atoms with Gasteiger partial charge in [-0.25, -0.2) is 4.39 Å². The minimum atomic E-state index is -0.261. The van der Waals surface area contributed by atoms with Crippen LogP contribution < -0.4 is 4.90 Å². The lowest BCUT2D eigenvalue weighted by Gasteiger charge is -2.27. The zero-order valence-electron chi connectivity index (χ0n) is 13.6. The van der Waals surface area contributed by atoms with Crippen LogP contribution in [0.4, 0.5) is 10.1 Å². The first-order chi connectivity index (χ1) is 12.7. The van der Waals surface area contributed by atoms with E-state index < -0.39 is 0 Å². The average molecular weight is 387 g/mol. The molecule has 0 unspecified atom stereocenters. The molecule has 0 bridgehead atoms. The van der Waals surface area contributed by atoms with Gasteiger partial charge in [-0.3, -0.25) is 4.79 Å². The Morgan fingerprint density at radius 2 is 1.96 bits per heavy atom. The first kappa shape index (κ1) is 17.1. The Morgan fingerprint density at radius 3 is 2.81 bits per heavy atom. The lowest BCUT2D eigenvalue weighted by atomic mass is 10.2. The van der Waals surface area contributed by atoms with E-state index in [1.54, 1.807) is 17.0 Å². The molecule has 26 heavy (non-hydrogen) atoms. The van der Waals surface area contributed by atoms with Gasteiger partial charge in [0.25, 0.3) is 5.22 Å². The Hall–Kier alpha value is -2.32. The van der Waals surface area contributed by atoms with Crippen molar-refractivity contribution in [2.45, 2.75) is 22.4 Å². The van der Waals surface area contributed by atoms with E-state index in [2.05, 4.69) is 10.2 Å². The van der Waals surface area contributed by atoms with Crippen molar-refractivity contribution in [1.82, 2.24) is 10.2 Å². The predicted octanol–water partition coefficient (Wildman–Crippen LogP) is 4.14. The number of halogens is 1. The zero-order valence-corrected chi connectivity index (χ0v) is 15.2. The summed E-state index contributed by atoms with van der Waals surface area (Å²) in [7, 11) is 0. The molecule has 0 saturated carbocycles. The number of amides is 1. The lowest BCUT2D eigenvalue weighted by Crippen LogP contribution is -2.34. The molecule has 0 N–H and O–H groups in total. The summed E-state index contributed by atoms with van der Waals surface area (Å²) in [5.74, 6) is 1.15. The van der Waals surface area contributed by atoms with E-state index in [9.17, 15) is 9.18 Å². The van der Waals surface area contributed by atoms with Crippen LogP contribution in [0.1, 0.15) is 11.5 Å². The van der Waals surface area contributed by atoms with Gasteiger partial charge in [0.1, 0.15) is 12.4 Å². The van der Waals surface area contributed by atoms with E-state index in [0.29, 0.717) is 22.6 Å². The Kier molecular flexibility index (Phi) is 4.94. The topological polar surface area (TPSA) is 59.2 Å². The van der Waals surface area contributed by atoms with Gasteiger partial charge in [-0.05, 0) is 29.8 Å². The summed E-state index contributed by atoms with van der Waals surface area (Å²) in [5.41, 5.74) is 1.83. The molecule has 2 aromatic carbocycles. The van der Waals surface area contributed by atoms with Gasteiger partial charge in [0.15, 0.2) is 0 Å². The van der Waals surface area contributed by atoms with Crippen LogP contribution in [0.3, 0.4) is 0 Å². The molecular formula is C18H14FN3O2S2. The van der Waals surface area contributed by atoms with Crippen molar-refractivity contribution in [2.24, 2.45) is 0 Å². The number of hydrogen-bond acceptors (Lipinski definition) is 6. The number of carbonyl (C=O) groups is 1. The second-order valence-electron chi connectivity index (χ2n) is 5.61. The van der Waals surface area contributed by atoms with Crippen molar-refractivity contribution in [3.05, 3.63) is 65.8 Å². The SMILES string of the molecule is O=C1CSc2ccccc2N1Cc1nnc(SCc2ccc(F)cc2)o1.